The first-order valence-corrected chi connectivity index (χ1v) is 11.9. The maximum Gasteiger partial charge on any atom is 0.255 e. The van der Waals surface area contributed by atoms with Crippen LogP contribution < -0.4 is 14.8 Å². The summed E-state index contributed by atoms with van der Waals surface area (Å²) in [5.41, 5.74) is 0.909. The van der Waals surface area contributed by atoms with Crippen LogP contribution in [-0.4, -0.2) is 45.9 Å². The van der Waals surface area contributed by atoms with Crippen LogP contribution in [0.3, 0.4) is 0 Å². The lowest BCUT2D eigenvalue weighted by atomic mass is 10.2. The number of sulfonamides is 1. The van der Waals surface area contributed by atoms with E-state index in [1.165, 1.54) is 26.4 Å². The molecule has 0 saturated heterocycles. The van der Waals surface area contributed by atoms with Gasteiger partial charge >= 0.3 is 0 Å². The number of methoxy groups -OCH3 is 2. The van der Waals surface area contributed by atoms with Crippen molar-refractivity contribution in [1.29, 1.82) is 0 Å². The summed E-state index contributed by atoms with van der Waals surface area (Å²) >= 11 is 0. The summed E-state index contributed by atoms with van der Waals surface area (Å²) in [5, 5.41) is 2.78. The van der Waals surface area contributed by atoms with E-state index in [-0.39, 0.29) is 10.8 Å². The Morgan fingerprint density at radius 2 is 1.48 bits per heavy atom. The molecular formula is C23H32N2O5S. The van der Waals surface area contributed by atoms with Crippen molar-refractivity contribution in [3.8, 4) is 11.5 Å². The van der Waals surface area contributed by atoms with Crippen molar-refractivity contribution in [1.82, 2.24) is 4.31 Å². The van der Waals surface area contributed by atoms with Gasteiger partial charge in [-0.25, -0.2) is 8.42 Å². The fourth-order valence-corrected chi connectivity index (χ4v) is 4.58. The van der Waals surface area contributed by atoms with Crippen molar-refractivity contribution in [3.05, 3.63) is 48.0 Å². The van der Waals surface area contributed by atoms with Gasteiger partial charge in [-0.15, -0.1) is 0 Å². The zero-order valence-electron chi connectivity index (χ0n) is 18.7. The van der Waals surface area contributed by atoms with Crippen molar-refractivity contribution in [2.24, 2.45) is 0 Å². The fourth-order valence-electron chi connectivity index (χ4n) is 3.06. The van der Waals surface area contributed by atoms with Crippen LogP contribution in [0.1, 0.15) is 49.9 Å². The average Bonchev–Trinajstić information content (AvgIpc) is 2.78. The van der Waals surface area contributed by atoms with Crippen molar-refractivity contribution < 1.29 is 22.7 Å². The van der Waals surface area contributed by atoms with Crippen LogP contribution in [0.4, 0.5) is 5.69 Å². The summed E-state index contributed by atoms with van der Waals surface area (Å²) in [6.07, 6.45) is 3.50. The molecule has 8 heteroatoms. The Morgan fingerprint density at radius 1 is 0.903 bits per heavy atom. The van der Waals surface area contributed by atoms with E-state index in [1.807, 2.05) is 13.8 Å². The quantitative estimate of drug-likeness (QED) is 0.515. The summed E-state index contributed by atoms with van der Waals surface area (Å²) in [4.78, 5) is 12.8. The van der Waals surface area contributed by atoms with Crippen molar-refractivity contribution in [2.45, 2.75) is 44.4 Å². The molecule has 0 heterocycles. The summed E-state index contributed by atoms with van der Waals surface area (Å²) < 4.78 is 38.1. The molecule has 2 aromatic rings. The van der Waals surface area contributed by atoms with E-state index in [1.54, 1.807) is 34.6 Å². The lowest BCUT2D eigenvalue weighted by Crippen LogP contribution is -2.33. The molecular weight excluding hydrogens is 416 g/mol. The number of nitrogens with one attached hydrogen (secondary N) is 1. The maximum absolute atomic E-state index is 13.0. The van der Waals surface area contributed by atoms with Crippen LogP contribution in [0.25, 0.3) is 0 Å². The number of amides is 1. The Morgan fingerprint density at radius 3 is 2.00 bits per heavy atom. The Bertz CT molecular complexity index is 950. The van der Waals surface area contributed by atoms with Crippen molar-refractivity contribution in [2.75, 3.05) is 32.6 Å². The van der Waals surface area contributed by atoms with E-state index in [0.717, 1.165) is 25.7 Å². The number of benzene rings is 2. The minimum Gasteiger partial charge on any atom is -0.493 e. The topological polar surface area (TPSA) is 84.9 Å². The molecule has 2 rings (SSSR count). The van der Waals surface area contributed by atoms with Gasteiger partial charge in [0.1, 0.15) is 0 Å². The SMILES string of the molecule is CCCCN(CCCC)S(=O)(=O)c1ccc(NC(=O)c2ccc(OC)c(OC)c2)cc1. The van der Waals surface area contributed by atoms with E-state index >= 15 is 0 Å². The van der Waals surface area contributed by atoms with Crippen molar-refractivity contribution in [3.63, 3.8) is 0 Å². The van der Waals surface area contributed by atoms with Gasteiger partial charge in [0.15, 0.2) is 11.5 Å². The third-order valence-electron chi connectivity index (χ3n) is 4.92. The van der Waals surface area contributed by atoms with E-state index < -0.39 is 10.0 Å². The van der Waals surface area contributed by atoms with E-state index in [2.05, 4.69) is 5.32 Å². The highest BCUT2D eigenvalue weighted by Crippen LogP contribution is 2.28. The molecule has 0 bridgehead atoms. The zero-order valence-corrected chi connectivity index (χ0v) is 19.5. The number of ether oxygens (including phenoxy) is 2. The largest absolute Gasteiger partial charge is 0.493 e. The molecule has 0 radical (unpaired) electrons. The third-order valence-corrected chi connectivity index (χ3v) is 6.83. The highest BCUT2D eigenvalue weighted by molar-refractivity contribution is 7.89. The normalized spacial score (nSPS) is 11.4. The molecule has 1 amide bonds. The first kappa shape index (κ1) is 24.7. The lowest BCUT2D eigenvalue weighted by molar-refractivity contribution is 0.102. The number of carbonyl (C=O) groups is 1. The molecule has 0 aromatic heterocycles. The predicted molar refractivity (Wildman–Crippen MR) is 123 cm³/mol. The summed E-state index contributed by atoms with van der Waals surface area (Å²) in [7, 11) is -0.540. The standard InChI is InChI=1S/C23H32N2O5S/c1-5-7-15-25(16-8-6-2)31(27,28)20-12-10-19(11-13-20)24-23(26)18-9-14-21(29-3)22(17-18)30-4/h9-14,17H,5-8,15-16H2,1-4H3,(H,24,26). The minimum atomic E-state index is -3.57. The second kappa shape index (κ2) is 11.7. The van der Waals surface area contributed by atoms with Gasteiger partial charge in [0.2, 0.25) is 10.0 Å². The minimum absolute atomic E-state index is 0.226. The number of hydrogen-bond donors (Lipinski definition) is 1. The molecule has 0 unspecified atom stereocenters. The van der Waals surface area contributed by atoms with Crippen LogP contribution in [0.15, 0.2) is 47.4 Å². The molecule has 7 nitrogen and oxygen atoms in total. The number of nitrogens with zero attached hydrogens (tertiary/aromatic N) is 1. The first-order valence-electron chi connectivity index (χ1n) is 10.5. The Balaban J connectivity index is 2.15. The third kappa shape index (κ3) is 6.45. The molecule has 0 fully saturated rings. The predicted octanol–water partition coefficient (Wildman–Crippen LogP) is 4.55. The van der Waals surface area contributed by atoms with Crippen molar-refractivity contribution >= 4 is 21.6 Å². The van der Waals surface area contributed by atoms with Gasteiger partial charge in [0, 0.05) is 24.3 Å². The summed E-state index contributed by atoms with van der Waals surface area (Å²) in [6.45, 7) is 5.11. The molecule has 2 aromatic carbocycles. The van der Waals surface area contributed by atoms with Crippen LogP contribution >= 0.6 is 0 Å². The van der Waals surface area contributed by atoms with Gasteiger partial charge < -0.3 is 14.8 Å². The van der Waals surface area contributed by atoms with Crippen LogP contribution in [0, 0.1) is 0 Å². The second-order valence-corrected chi connectivity index (χ2v) is 9.10. The molecule has 0 atom stereocenters. The number of unbranched alkanes of at least 4 members (excludes halogenated alkanes) is 2. The zero-order chi connectivity index (χ0) is 22.9. The van der Waals surface area contributed by atoms with Gasteiger partial charge in [0.05, 0.1) is 19.1 Å². The number of carbonyl (C=O) groups excluding carboxylic acids is 1. The van der Waals surface area contributed by atoms with Crippen LogP contribution in [0.5, 0.6) is 11.5 Å². The molecule has 0 saturated carbocycles. The van der Waals surface area contributed by atoms with Gasteiger partial charge in [-0.2, -0.15) is 4.31 Å². The first-order chi connectivity index (χ1) is 14.9. The number of rotatable bonds is 12. The average molecular weight is 449 g/mol. The molecule has 170 valence electrons. The second-order valence-electron chi connectivity index (χ2n) is 7.16. The van der Waals surface area contributed by atoms with Gasteiger partial charge in [-0.1, -0.05) is 26.7 Å². The van der Waals surface area contributed by atoms with E-state index in [0.29, 0.717) is 35.8 Å². The highest BCUT2D eigenvalue weighted by Gasteiger charge is 2.23. The molecule has 0 spiro atoms. The fraction of sp³-hybridized carbons (Fsp3) is 0.435. The molecule has 31 heavy (non-hydrogen) atoms. The van der Waals surface area contributed by atoms with E-state index in [9.17, 15) is 13.2 Å². The number of hydrogen-bond acceptors (Lipinski definition) is 5. The van der Waals surface area contributed by atoms with Gasteiger partial charge in [0.25, 0.3) is 5.91 Å². The van der Waals surface area contributed by atoms with Crippen LogP contribution in [-0.2, 0) is 10.0 Å². The monoisotopic (exact) mass is 448 g/mol. The summed E-state index contributed by atoms with van der Waals surface area (Å²) in [6, 6.07) is 11.1. The Hall–Kier alpha value is -2.58. The maximum atomic E-state index is 13.0. The molecule has 0 aliphatic carbocycles. The molecule has 0 aliphatic rings. The highest BCUT2D eigenvalue weighted by atomic mass is 32.2. The smallest absolute Gasteiger partial charge is 0.255 e. The van der Waals surface area contributed by atoms with Gasteiger partial charge in [-0.3, -0.25) is 4.79 Å². The Kier molecular flexibility index (Phi) is 9.33. The summed E-state index contributed by atoms with van der Waals surface area (Å²) in [5.74, 6) is 0.657. The van der Waals surface area contributed by atoms with Gasteiger partial charge in [-0.05, 0) is 55.3 Å². The van der Waals surface area contributed by atoms with Crippen LogP contribution in [0.2, 0.25) is 0 Å². The number of anilines is 1. The Labute approximate surface area is 185 Å². The van der Waals surface area contributed by atoms with E-state index in [4.69, 9.17) is 9.47 Å². The lowest BCUT2D eigenvalue weighted by Gasteiger charge is -2.22. The molecule has 0 aliphatic heterocycles. The molecule has 1 N–H and O–H groups in total.